The smallest absolute Gasteiger partial charge is 0.166 e. The Morgan fingerprint density at radius 3 is 2.75 bits per heavy atom. The fourth-order valence-corrected chi connectivity index (χ4v) is 1.32. The van der Waals surface area contributed by atoms with E-state index in [1.54, 1.807) is 6.20 Å². The lowest BCUT2D eigenvalue weighted by Gasteiger charge is -2.08. The largest absolute Gasteiger partial charge is 0.454 e. The van der Waals surface area contributed by atoms with Crippen molar-refractivity contribution < 1.29 is 4.74 Å². The Morgan fingerprint density at radius 1 is 1.25 bits per heavy atom. The second-order valence-electron chi connectivity index (χ2n) is 3.59. The Hall–Kier alpha value is -2.10. The van der Waals surface area contributed by atoms with Crippen LogP contribution in [-0.2, 0) is 0 Å². The van der Waals surface area contributed by atoms with Crippen molar-refractivity contribution in [1.29, 1.82) is 0 Å². The van der Waals surface area contributed by atoms with Crippen LogP contribution >= 0.6 is 0 Å². The molecule has 0 radical (unpaired) electrons. The van der Waals surface area contributed by atoms with Crippen LogP contribution in [0.3, 0.4) is 0 Å². The number of aryl methyl sites for hydroxylation is 2. The zero-order chi connectivity index (χ0) is 11.5. The number of rotatable bonds is 2. The SMILES string of the molecule is Cc1cc(Oc2cncnc2C)ccc1N. The van der Waals surface area contributed by atoms with Crippen molar-refractivity contribution in [3.05, 3.63) is 42.0 Å². The molecule has 16 heavy (non-hydrogen) atoms. The first-order valence-corrected chi connectivity index (χ1v) is 4.97. The molecule has 0 aliphatic rings. The lowest BCUT2D eigenvalue weighted by Crippen LogP contribution is -1.93. The number of aromatic nitrogens is 2. The summed E-state index contributed by atoms with van der Waals surface area (Å²) in [4.78, 5) is 7.98. The lowest BCUT2D eigenvalue weighted by molar-refractivity contribution is 0.472. The van der Waals surface area contributed by atoms with Gasteiger partial charge in [-0.1, -0.05) is 0 Å². The van der Waals surface area contributed by atoms with E-state index in [1.807, 2.05) is 32.0 Å². The molecular weight excluding hydrogens is 202 g/mol. The normalized spacial score (nSPS) is 10.1. The zero-order valence-corrected chi connectivity index (χ0v) is 9.27. The van der Waals surface area contributed by atoms with E-state index in [2.05, 4.69) is 9.97 Å². The fourth-order valence-electron chi connectivity index (χ4n) is 1.32. The third-order valence-corrected chi connectivity index (χ3v) is 2.34. The maximum Gasteiger partial charge on any atom is 0.166 e. The van der Waals surface area contributed by atoms with Gasteiger partial charge in [0, 0.05) is 5.69 Å². The molecule has 0 atom stereocenters. The van der Waals surface area contributed by atoms with Gasteiger partial charge in [-0.05, 0) is 37.6 Å². The van der Waals surface area contributed by atoms with Gasteiger partial charge in [0.1, 0.15) is 12.1 Å². The number of anilines is 1. The van der Waals surface area contributed by atoms with E-state index < -0.39 is 0 Å². The molecule has 2 rings (SSSR count). The van der Waals surface area contributed by atoms with E-state index in [-0.39, 0.29) is 0 Å². The summed E-state index contributed by atoms with van der Waals surface area (Å²) in [5, 5.41) is 0. The highest BCUT2D eigenvalue weighted by Crippen LogP contribution is 2.25. The number of nitrogen functional groups attached to an aromatic ring is 1. The molecule has 4 nitrogen and oxygen atoms in total. The van der Waals surface area contributed by atoms with Crippen LogP contribution in [-0.4, -0.2) is 9.97 Å². The van der Waals surface area contributed by atoms with Crippen LogP contribution in [0.5, 0.6) is 11.5 Å². The van der Waals surface area contributed by atoms with Crippen molar-refractivity contribution in [2.45, 2.75) is 13.8 Å². The first-order valence-electron chi connectivity index (χ1n) is 4.97. The maximum atomic E-state index is 5.73. The molecule has 4 heteroatoms. The van der Waals surface area contributed by atoms with Gasteiger partial charge in [-0.3, -0.25) is 0 Å². The molecular formula is C12H13N3O. The summed E-state index contributed by atoms with van der Waals surface area (Å²) in [5.74, 6) is 1.40. The molecule has 0 saturated heterocycles. The predicted molar refractivity (Wildman–Crippen MR) is 62.4 cm³/mol. The molecule has 0 fully saturated rings. The molecule has 1 aromatic heterocycles. The first kappa shape index (κ1) is 10.4. The van der Waals surface area contributed by atoms with Crippen LogP contribution in [0.4, 0.5) is 5.69 Å². The second kappa shape index (κ2) is 4.18. The topological polar surface area (TPSA) is 61.0 Å². The van der Waals surface area contributed by atoms with E-state index in [0.717, 1.165) is 22.7 Å². The summed E-state index contributed by atoms with van der Waals surface area (Å²) in [6, 6.07) is 5.54. The van der Waals surface area contributed by atoms with Gasteiger partial charge < -0.3 is 10.5 Å². The van der Waals surface area contributed by atoms with Gasteiger partial charge in [0.2, 0.25) is 0 Å². The van der Waals surface area contributed by atoms with Gasteiger partial charge in [-0.2, -0.15) is 0 Å². The molecule has 0 amide bonds. The molecule has 0 aliphatic heterocycles. The van der Waals surface area contributed by atoms with E-state index in [0.29, 0.717) is 5.75 Å². The first-order chi connectivity index (χ1) is 7.66. The van der Waals surface area contributed by atoms with Crippen LogP contribution in [0.15, 0.2) is 30.7 Å². The van der Waals surface area contributed by atoms with Crippen molar-refractivity contribution in [2.24, 2.45) is 0 Å². The Labute approximate surface area is 94.1 Å². The van der Waals surface area contributed by atoms with Crippen molar-refractivity contribution >= 4 is 5.69 Å². The molecule has 2 aromatic rings. The highest BCUT2D eigenvalue weighted by Gasteiger charge is 2.03. The summed E-state index contributed by atoms with van der Waals surface area (Å²) >= 11 is 0. The fraction of sp³-hybridized carbons (Fsp3) is 0.167. The molecule has 0 saturated carbocycles. The Morgan fingerprint density at radius 2 is 2.06 bits per heavy atom. The number of hydrogen-bond acceptors (Lipinski definition) is 4. The summed E-state index contributed by atoms with van der Waals surface area (Å²) in [7, 11) is 0. The summed E-state index contributed by atoms with van der Waals surface area (Å²) in [6.07, 6.45) is 3.14. The van der Waals surface area contributed by atoms with Gasteiger partial charge in [-0.25, -0.2) is 9.97 Å². The second-order valence-corrected chi connectivity index (χ2v) is 3.59. The van der Waals surface area contributed by atoms with Crippen LogP contribution in [0, 0.1) is 13.8 Å². The quantitative estimate of drug-likeness (QED) is 0.782. The summed E-state index contributed by atoms with van der Waals surface area (Å²) in [5.41, 5.74) is 8.29. The molecule has 1 heterocycles. The highest BCUT2D eigenvalue weighted by atomic mass is 16.5. The average molecular weight is 215 g/mol. The van der Waals surface area contributed by atoms with Gasteiger partial charge in [0.05, 0.1) is 11.9 Å². The van der Waals surface area contributed by atoms with E-state index in [4.69, 9.17) is 10.5 Å². The predicted octanol–water partition coefficient (Wildman–Crippen LogP) is 2.47. The standard InChI is InChI=1S/C12H13N3O/c1-8-5-10(3-4-11(8)13)16-12-6-14-7-15-9(12)2/h3-7H,13H2,1-2H3. The number of ether oxygens (including phenoxy) is 1. The van der Waals surface area contributed by atoms with Crippen LogP contribution in [0.2, 0.25) is 0 Å². The Kier molecular flexibility index (Phi) is 2.72. The molecule has 2 N–H and O–H groups in total. The van der Waals surface area contributed by atoms with Crippen molar-refractivity contribution in [3.63, 3.8) is 0 Å². The minimum atomic E-state index is 0.659. The number of benzene rings is 1. The monoisotopic (exact) mass is 215 g/mol. The number of nitrogens with two attached hydrogens (primary N) is 1. The summed E-state index contributed by atoms with van der Waals surface area (Å²) < 4.78 is 5.66. The van der Waals surface area contributed by atoms with Crippen LogP contribution in [0.25, 0.3) is 0 Å². The van der Waals surface area contributed by atoms with Gasteiger partial charge in [0.15, 0.2) is 5.75 Å². The van der Waals surface area contributed by atoms with E-state index in [9.17, 15) is 0 Å². The zero-order valence-electron chi connectivity index (χ0n) is 9.27. The average Bonchev–Trinajstić information content (AvgIpc) is 2.27. The minimum absolute atomic E-state index is 0.659. The third-order valence-electron chi connectivity index (χ3n) is 2.34. The highest BCUT2D eigenvalue weighted by molar-refractivity contribution is 5.50. The van der Waals surface area contributed by atoms with Gasteiger partial charge >= 0.3 is 0 Å². The number of hydrogen-bond donors (Lipinski definition) is 1. The Balaban J connectivity index is 2.28. The number of nitrogens with zero attached hydrogens (tertiary/aromatic N) is 2. The van der Waals surface area contributed by atoms with Crippen LogP contribution < -0.4 is 10.5 Å². The minimum Gasteiger partial charge on any atom is -0.454 e. The molecule has 1 aromatic carbocycles. The molecule has 0 spiro atoms. The Bertz CT molecular complexity index is 511. The third kappa shape index (κ3) is 2.11. The van der Waals surface area contributed by atoms with Crippen molar-refractivity contribution in [2.75, 3.05) is 5.73 Å². The molecule has 0 unspecified atom stereocenters. The molecule has 0 aliphatic carbocycles. The maximum absolute atomic E-state index is 5.73. The lowest BCUT2D eigenvalue weighted by atomic mass is 10.2. The van der Waals surface area contributed by atoms with Crippen molar-refractivity contribution in [3.8, 4) is 11.5 Å². The van der Waals surface area contributed by atoms with Gasteiger partial charge in [0.25, 0.3) is 0 Å². The summed E-state index contributed by atoms with van der Waals surface area (Å²) in [6.45, 7) is 3.82. The molecule has 0 bridgehead atoms. The van der Waals surface area contributed by atoms with Crippen LogP contribution in [0.1, 0.15) is 11.3 Å². The van der Waals surface area contributed by atoms with E-state index in [1.165, 1.54) is 6.33 Å². The van der Waals surface area contributed by atoms with Crippen molar-refractivity contribution in [1.82, 2.24) is 9.97 Å². The molecule has 82 valence electrons. The van der Waals surface area contributed by atoms with Gasteiger partial charge in [-0.15, -0.1) is 0 Å². The van der Waals surface area contributed by atoms with E-state index >= 15 is 0 Å².